The highest BCUT2D eigenvalue weighted by Crippen LogP contribution is 2.38. The monoisotopic (exact) mass is 485 g/mol. The molecule has 0 aliphatic carbocycles. The number of hydrogen-bond acceptors (Lipinski definition) is 5. The molecule has 0 bridgehead atoms. The summed E-state index contributed by atoms with van der Waals surface area (Å²) < 4.78 is 50.2. The van der Waals surface area contributed by atoms with Crippen LogP contribution in [-0.2, 0) is 5.66 Å². The number of nitrogens with zero attached hydrogens (tertiary/aromatic N) is 3. The topological polar surface area (TPSA) is 95.1 Å². The van der Waals surface area contributed by atoms with Gasteiger partial charge < -0.3 is 15.8 Å². The minimum Gasteiger partial charge on any atom is -0.454 e. The molecule has 2 aromatic heterocycles. The molecule has 0 radical (unpaired) electrons. The number of ether oxygens (including phenoxy) is 1. The highest BCUT2D eigenvalue weighted by molar-refractivity contribution is 7.17. The Morgan fingerprint density at radius 2 is 1.85 bits per heavy atom. The van der Waals surface area contributed by atoms with Gasteiger partial charge >= 0.3 is 5.66 Å². The SMILES string of the molecule is Cc1c(Oc2ccc(NC(=O)c3ncn(-c4ccccc4)c3C(F)(F)P)cc2F)ccnc1N. The molecule has 11 heteroatoms. The number of halogens is 3. The zero-order valence-electron chi connectivity index (χ0n) is 17.8. The first kappa shape index (κ1) is 23.3. The van der Waals surface area contributed by atoms with Crippen molar-refractivity contribution >= 4 is 26.7 Å². The number of benzene rings is 2. The third-order valence-corrected chi connectivity index (χ3v) is 5.21. The Labute approximate surface area is 195 Å². The highest BCUT2D eigenvalue weighted by atomic mass is 31.0. The van der Waals surface area contributed by atoms with Crippen LogP contribution in [0.25, 0.3) is 5.69 Å². The Morgan fingerprint density at radius 1 is 1.12 bits per heavy atom. The number of amides is 1. The van der Waals surface area contributed by atoms with Crippen LogP contribution in [0.1, 0.15) is 21.7 Å². The van der Waals surface area contributed by atoms with Crippen LogP contribution >= 0.6 is 9.24 Å². The quantitative estimate of drug-likeness (QED) is 0.363. The van der Waals surface area contributed by atoms with E-state index in [-0.39, 0.29) is 17.3 Å². The van der Waals surface area contributed by atoms with E-state index in [4.69, 9.17) is 10.5 Å². The van der Waals surface area contributed by atoms with Crippen LogP contribution in [0.5, 0.6) is 11.5 Å². The predicted octanol–water partition coefficient (Wildman–Crippen LogP) is 5.27. The molecule has 0 aliphatic heterocycles. The summed E-state index contributed by atoms with van der Waals surface area (Å²) in [7, 11) is 1.41. The fraction of sp³-hybridized carbons (Fsp3) is 0.0870. The Hall–Kier alpha value is -3.91. The molecule has 0 aliphatic rings. The number of carbonyl (C=O) groups excluding carboxylic acids is 1. The Bertz CT molecular complexity index is 1360. The van der Waals surface area contributed by atoms with E-state index in [1.165, 1.54) is 33.6 Å². The van der Waals surface area contributed by atoms with Gasteiger partial charge in [-0.2, -0.15) is 8.78 Å². The summed E-state index contributed by atoms with van der Waals surface area (Å²) in [6.07, 6.45) is 2.57. The average Bonchev–Trinajstić information content (AvgIpc) is 3.25. The summed E-state index contributed by atoms with van der Waals surface area (Å²) in [5.74, 6) is -1.24. The molecule has 3 N–H and O–H groups in total. The van der Waals surface area contributed by atoms with Gasteiger partial charge in [-0.15, -0.1) is 0 Å². The van der Waals surface area contributed by atoms with Crippen molar-refractivity contribution in [3.05, 3.63) is 89.9 Å². The van der Waals surface area contributed by atoms with Crippen LogP contribution in [0.15, 0.2) is 67.1 Å². The lowest BCUT2D eigenvalue weighted by atomic mass is 10.2. The lowest BCUT2D eigenvalue weighted by molar-refractivity contribution is 0.0897. The highest BCUT2D eigenvalue weighted by Gasteiger charge is 2.36. The van der Waals surface area contributed by atoms with Crippen LogP contribution < -0.4 is 15.8 Å². The van der Waals surface area contributed by atoms with Crippen molar-refractivity contribution in [3.63, 3.8) is 0 Å². The number of carbonyl (C=O) groups is 1. The maximum atomic E-state index is 14.6. The zero-order chi connectivity index (χ0) is 24.5. The number of nitrogens with one attached hydrogen (secondary N) is 1. The molecular weight excluding hydrogens is 466 g/mol. The van der Waals surface area contributed by atoms with Gasteiger partial charge in [0.05, 0.1) is 0 Å². The van der Waals surface area contributed by atoms with E-state index in [1.807, 2.05) is 0 Å². The maximum absolute atomic E-state index is 14.6. The number of pyridine rings is 1. The number of anilines is 2. The van der Waals surface area contributed by atoms with Gasteiger partial charge in [-0.1, -0.05) is 27.4 Å². The lowest BCUT2D eigenvalue weighted by Crippen LogP contribution is -2.20. The maximum Gasteiger partial charge on any atom is 0.301 e. The summed E-state index contributed by atoms with van der Waals surface area (Å²) in [5, 5.41) is 2.40. The van der Waals surface area contributed by atoms with Crippen molar-refractivity contribution in [2.75, 3.05) is 11.1 Å². The Morgan fingerprint density at radius 3 is 2.53 bits per heavy atom. The average molecular weight is 485 g/mol. The molecule has 1 atom stereocenters. The van der Waals surface area contributed by atoms with Crippen LogP contribution in [0.2, 0.25) is 0 Å². The second-order valence-corrected chi connectivity index (χ2v) is 8.02. The van der Waals surface area contributed by atoms with E-state index >= 15 is 0 Å². The number of para-hydroxylation sites is 1. The second kappa shape index (κ2) is 9.15. The normalized spacial score (nSPS) is 11.3. The molecule has 0 spiro atoms. The molecular formula is C23H19F3N5O2P. The van der Waals surface area contributed by atoms with Gasteiger partial charge in [0.15, 0.2) is 17.3 Å². The molecule has 174 valence electrons. The van der Waals surface area contributed by atoms with E-state index < -0.39 is 28.8 Å². The van der Waals surface area contributed by atoms with Gasteiger partial charge in [-0.25, -0.2) is 14.4 Å². The molecule has 4 rings (SSSR count). The summed E-state index contributed by atoms with van der Waals surface area (Å²) in [6, 6.07) is 13.5. The number of rotatable bonds is 6. The van der Waals surface area contributed by atoms with Gasteiger partial charge in [0, 0.05) is 29.2 Å². The number of nitrogens with two attached hydrogens (primary N) is 1. The molecule has 4 aromatic rings. The summed E-state index contributed by atoms with van der Waals surface area (Å²) in [5.41, 5.74) is 2.15. The lowest BCUT2D eigenvalue weighted by Gasteiger charge is -2.16. The minimum atomic E-state index is -3.45. The van der Waals surface area contributed by atoms with Gasteiger partial charge in [-0.05, 0) is 37.3 Å². The van der Waals surface area contributed by atoms with E-state index in [1.54, 1.807) is 37.3 Å². The summed E-state index contributed by atoms with van der Waals surface area (Å²) >= 11 is 0. The number of aromatic nitrogens is 3. The first-order valence-corrected chi connectivity index (χ1v) is 10.5. The second-order valence-electron chi connectivity index (χ2n) is 7.29. The Balaban J connectivity index is 1.59. The summed E-state index contributed by atoms with van der Waals surface area (Å²) in [6.45, 7) is 1.68. The fourth-order valence-electron chi connectivity index (χ4n) is 3.23. The van der Waals surface area contributed by atoms with E-state index in [2.05, 4.69) is 15.3 Å². The molecule has 0 fully saturated rings. The molecule has 1 amide bonds. The van der Waals surface area contributed by atoms with Crippen molar-refractivity contribution in [3.8, 4) is 17.2 Å². The van der Waals surface area contributed by atoms with E-state index in [9.17, 15) is 18.0 Å². The van der Waals surface area contributed by atoms with Crippen molar-refractivity contribution < 1.29 is 22.7 Å². The van der Waals surface area contributed by atoms with Crippen LogP contribution in [-0.4, -0.2) is 20.4 Å². The van der Waals surface area contributed by atoms with Gasteiger partial charge in [0.2, 0.25) is 0 Å². The number of nitrogen functional groups attached to an aromatic ring is 1. The molecule has 2 aromatic carbocycles. The fourth-order valence-corrected chi connectivity index (χ4v) is 3.51. The van der Waals surface area contributed by atoms with Crippen LogP contribution in [0.4, 0.5) is 24.7 Å². The third kappa shape index (κ3) is 4.72. The predicted molar refractivity (Wildman–Crippen MR) is 125 cm³/mol. The van der Waals surface area contributed by atoms with Gasteiger partial charge in [-0.3, -0.25) is 9.36 Å². The molecule has 34 heavy (non-hydrogen) atoms. The van der Waals surface area contributed by atoms with Gasteiger partial charge in [0.25, 0.3) is 5.91 Å². The van der Waals surface area contributed by atoms with E-state index in [0.29, 0.717) is 17.0 Å². The van der Waals surface area contributed by atoms with Crippen LogP contribution in [0, 0.1) is 12.7 Å². The van der Waals surface area contributed by atoms with Crippen molar-refractivity contribution in [1.29, 1.82) is 0 Å². The standard InChI is InChI=1S/C23H19F3N5O2P/c1-13-17(9-10-28-21(13)27)33-18-8-7-14(11-16(18)24)30-22(32)19-20(23(25,26)34)31(12-29-19)15-5-3-2-4-6-15/h2-12H,34H2,1H3,(H2,27,28)(H,30,32). The first-order valence-electron chi connectivity index (χ1n) is 9.95. The largest absolute Gasteiger partial charge is 0.454 e. The Kier molecular flexibility index (Phi) is 6.26. The van der Waals surface area contributed by atoms with Gasteiger partial charge in [0.1, 0.15) is 23.6 Å². The van der Waals surface area contributed by atoms with E-state index in [0.717, 1.165) is 17.0 Å². The van der Waals surface area contributed by atoms with Crippen molar-refractivity contribution in [2.24, 2.45) is 0 Å². The molecule has 2 heterocycles. The number of hydrogen-bond donors (Lipinski definition) is 2. The minimum absolute atomic E-state index is 0.0353. The number of imidazole rings is 1. The molecule has 1 unspecified atom stereocenters. The van der Waals surface area contributed by atoms with Crippen molar-refractivity contribution in [2.45, 2.75) is 12.6 Å². The smallest absolute Gasteiger partial charge is 0.301 e. The summed E-state index contributed by atoms with van der Waals surface area (Å²) in [4.78, 5) is 20.6. The molecule has 0 saturated heterocycles. The zero-order valence-corrected chi connectivity index (χ0v) is 19.0. The molecule has 7 nitrogen and oxygen atoms in total. The first-order chi connectivity index (χ1) is 16.1. The van der Waals surface area contributed by atoms with Crippen LogP contribution in [0.3, 0.4) is 0 Å². The van der Waals surface area contributed by atoms with Crippen molar-refractivity contribution in [1.82, 2.24) is 14.5 Å². The number of alkyl halides is 2. The molecule has 0 saturated carbocycles. The third-order valence-electron chi connectivity index (χ3n) is 4.94.